The van der Waals surface area contributed by atoms with Crippen LogP contribution in [0.2, 0.25) is 0 Å². The molecule has 0 aliphatic rings. The molecule has 0 unspecified atom stereocenters. The first kappa shape index (κ1) is 33.2. The summed E-state index contributed by atoms with van der Waals surface area (Å²) in [5.41, 5.74) is 14.6. The minimum atomic E-state index is 0.895. The van der Waals surface area contributed by atoms with Crippen molar-refractivity contribution in [3.8, 4) is 44.5 Å². The molecule has 0 N–H and O–H groups in total. The average Bonchev–Trinajstić information content (AvgIpc) is 3.85. The van der Waals surface area contributed by atoms with Gasteiger partial charge in [0.1, 0.15) is 11.2 Å². The summed E-state index contributed by atoms with van der Waals surface area (Å²) in [6, 6.07) is 76.3. The summed E-state index contributed by atoms with van der Waals surface area (Å²) in [5, 5.41) is 4.80. The van der Waals surface area contributed by atoms with Crippen LogP contribution in [0.25, 0.3) is 86.6 Å². The highest BCUT2D eigenvalue weighted by Gasteiger charge is 2.17. The fraction of sp³-hybridized carbons (Fsp3) is 0. The van der Waals surface area contributed by atoms with Crippen LogP contribution in [0.3, 0.4) is 0 Å². The molecule has 9 aromatic carbocycles. The molecule has 2 nitrogen and oxygen atoms in total. The van der Waals surface area contributed by atoms with Crippen LogP contribution >= 0.6 is 11.3 Å². The summed E-state index contributed by atoms with van der Waals surface area (Å²) in [5.74, 6) is 0. The molecule has 2 aromatic heterocycles. The lowest BCUT2D eigenvalue weighted by molar-refractivity contribution is 0.670. The Labute approximate surface area is 335 Å². The largest absolute Gasteiger partial charge is 0.455 e. The molecule has 0 amide bonds. The van der Waals surface area contributed by atoms with E-state index in [1.54, 1.807) is 0 Å². The molecule has 11 aromatic rings. The van der Waals surface area contributed by atoms with Gasteiger partial charge in [-0.1, -0.05) is 146 Å². The molecule has 0 aliphatic heterocycles. The number of hydrogen-bond donors (Lipinski definition) is 0. The number of hydrogen-bond acceptors (Lipinski definition) is 3. The van der Waals surface area contributed by atoms with E-state index in [4.69, 9.17) is 4.42 Å². The van der Waals surface area contributed by atoms with Crippen molar-refractivity contribution in [2.24, 2.45) is 0 Å². The van der Waals surface area contributed by atoms with E-state index in [9.17, 15) is 0 Å². The normalized spacial score (nSPS) is 11.5. The Bertz CT molecular complexity index is 3200. The number of benzene rings is 9. The number of thiophene rings is 1. The fourth-order valence-corrected chi connectivity index (χ4v) is 9.29. The molecule has 0 saturated heterocycles. The maximum Gasteiger partial charge on any atom is 0.143 e. The molecule has 0 aliphatic carbocycles. The molecule has 268 valence electrons. The molecule has 3 heteroatoms. The second-order valence-electron chi connectivity index (χ2n) is 14.5. The fourth-order valence-electron chi connectivity index (χ4n) is 8.22. The Balaban J connectivity index is 1.00. The Morgan fingerprint density at radius 2 is 0.789 bits per heavy atom. The van der Waals surface area contributed by atoms with Gasteiger partial charge < -0.3 is 9.32 Å². The molecule has 57 heavy (non-hydrogen) atoms. The number of furan rings is 1. The third kappa shape index (κ3) is 5.97. The molecule has 0 saturated carbocycles. The Morgan fingerprint density at radius 1 is 0.316 bits per heavy atom. The summed E-state index contributed by atoms with van der Waals surface area (Å²) in [4.78, 5) is 2.38. The van der Waals surface area contributed by atoms with Gasteiger partial charge in [0.25, 0.3) is 0 Å². The highest BCUT2D eigenvalue weighted by molar-refractivity contribution is 7.25. The second-order valence-corrected chi connectivity index (χ2v) is 15.6. The van der Waals surface area contributed by atoms with Crippen molar-refractivity contribution in [1.29, 1.82) is 0 Å². The van der Waals surface area contributed by atoms with Crippen LogP contribution in [-0.2, 0) is 0 Å². The van der Waals surface area contributed by atoms with E-state index in [1.165, 1.54) is 42.4 Å². The number of anilines is 3. The van der Waals surface area contributed by atoms with Crippen LogP contribution in [0.1, 0.15) is 0 Å². The molecule has 11 rings (SSSR count). The van der Waals surface area contributed by atoms with Crippen LogP contribution < -0.4 is 4.90 Å². The smallest absolute Gasteiger partial charge is 0.143 e. The third-order valence-corrected chi connectivity index (χ3v) is 12.2. The second kappa shape index (κ2) is 13.8. The summed E-state index contributed by atoms with van der Waals surface area (Å²) >= 11 is 1.85. The standard InChI is InChI=1S/C54H35NOS/c1-4-11-36(12-5-1)38-19-25-43(26-20-38)55(45-29-32-53-50(35-45)49-34-42(24-31-52(49)57-53)37-13-6-2-7-14-37)44-27-21-39(22-28-44)41-23-30-51-48(33-41)47-18-10-17-46(54(47)56-51)40-15-8-3-9-16-40/h1-35H. The van der Waals surface area contributed by atoms with Crippen molar-refractivity contribution < 1.29 is 4.42 Å². The van der Waals surface area contributed by atoms with Crippen LogP contribution in [0.4, 0.5) is 17.1 Å². The zero-order valence-electron chi connectivity index (χ0n) is 31.0. The van der Waals surface area contributed by atoms with Crippen molar-refractivity contribution in [2.45, 2.75) is 0 Å². The topological polar surface area (TPSA) is 16.4 Å². The molecule has 0 spiro atoms. The number of fused-ring (bicyclic) bond motifs is 6. The predicted molar refractivity (Wildman–Crippen MR) is 243 cm³/mol. The van der Waals surface area contributed by atoms with Gasteiger partial charge in [-0.2, -0.15) is 0 Å². The molecule has 0 atom stereocenters. The highest BCUT2D eigenvalue weighted by atomic mass is 32.1. The molecular weight excluding hydrogens is 711 g/mol. The van der Waals surface area contributed by atoms with E-state index >= 15 is 0 Å². The van der Waals surface area contributed by atoms with Crippen molar-refractivity contribution in [3.05, 3.63) is 212 Å². The monoisotopic (exact) mass is 745 g/mol. The van der Waals surface area contributed by atoms with Crippen molar-refractivity contribution in [1.82, 2.24) is 0 Å². The minimum absolute atomic E-state index is 0.895. The first-order valence-corrected chi connectivity index (χ1v) is 20.1. The summed E-state index contributed by atoms with van der Waals surface area (Å²) in [7, 11) is 0. The Morgan fingerprint density at radius 3 is 1.44 bits per heavy atom. The van der Waals surface area contributed by atoms with E-state index < -0.39 is 0 Å². The van der Waals surface area contributed by atoms with Crippen molar-refractivity contribution >= 4 is 70.5 Å². The van der Waals surface area contributed by atoms with Gasteiger partial charge in [-0.25, -0.2) is 0 Å². The van der Waals surface area contributed by atoms with Crippen LogP contribution in [-0.4, -0.2) is 0 Å². The van der Waals surface area contributed by atoms with Gasteiger partial charge in [0.05, 0.1) is 0 Å². The third-order valence-electron chi connectivity index (χ3n) is 11.1. The SMILES string of the molecule is c1ccc(-c2ccc(N(c3ccc(-c4ccc5oc6c(-c7ccccc7)cccc6c5c4)cc3)c3ccc4sc5ccc(-c6ccccc6)cc5c4c3)cc2)cc1. The predicted octanol–water partition coefficient (Wildman–Crippen LogP) is 16.1. The maximum atomic E-state index is 6.49. The minimum Gasteiger partial charge on any atom is -0.455 e. The molecule has 0 bridgehead atoms. The zero-order chi connectivity index (χ0) is 37.7. The van der Waals surface area contributed by atoms with Gasteiger partial charge in [-0.15, -0.1) is 11.3 Å². The summed E-state index contributed by atoms with van der Waals surface area (Å²) < 4.78 is 9.07. The van der Waals surface area contributed by atoms with E-state index in [0.29, 0.717) is 0 Å². The molecular formula is C54H35NOS. The van der Waals surface area contributed by atoms with Gasteiger partial charge >= 0.3 is 0 Å². The zero-order valence-corrected chi connectivity index (χ0v) is 31.8. The van der Waals surface area contributed by atoms with Gasteiger partial charge in [-0.05, 0) is 106 Å². The van der Waals surface area contributed by atoms with E-state index in [2.05, 4.69) is 211 Å². The van der Waals surface area contributed by atoms with Crippen LogP contribution in [0, 0.1) is 0 Å². The summed E-state index contributed by atoms with van der Waals surface area (Å²) in [6.07, 6.45) is 0. The van der Waals surface area contributed by atoms with Gasteiger partial charge in [0, 0.05) is 53.6 Å². The Kier molecular flexibility index (Phi) is 8.04. The first-order chi connectivity index (χ1) is 28.2. The van der Waals surface area contributed by atoms with Gasteiger partial charge in [-0.3, -0.25) is 0 Å². The Hall–Kier alpha value is -7.20. The first-order valence-electron chi connectivity index (χ1n) is 19.3. The number of rotatable bonds is 7. The average molecular weight is 746 g/mol. The van der Waals surface area contributed by atoms with E-state index in [0.717, 1.165) is 61.3 Å². The lowest BCUT2D eigenvalue weighted by Crippen LogP contribution is -2.09. The molecule has 2 heterocycles. The number of para-hydroxylation sites is 1. The lowest BCUT2D eigenvalue weighted by Gasteiger charge is -2.26. The van der Waals surface area contributed by atoms with E-state index in [1.807, 2.05) is 17.4 Å². The molecule has 0 fully saturated rings. The highest BCUT2D eigenvalue weighted by Crippen LogP contribution is 2.43. The van der Waals surface area contributed by atoms with Crippen molar-refractivity contribution in [2.75, 3.05) is 4.90 Å². The van der Waals surface area contributed by atoms with Gasteiger partial charge in [0.15, 0.2) is 0 Å². The van der Waals surface area contributed by atoms with E-state index in [-0.39, 0.29) is 0 Å². The van der Waals surface area contributed by atoms with Crippen molar-refractivity contribution in [3.63, 3.8) is 0 Å². The van der Waals surface area contributed by atoms with Crippen LogP contribution in [0.15, 0.2) is 217 Å². The quantitative estimate of drug-likeness (QED) is 0.162. The lowest BCUT2D eigenvalue weighted by atomic mass is 10.00. The number of nitrogens with zero attached hydrogens (tertiary/aromatic N) is 1. The maximum absolute atomic E-state index is 6.49. The molecule has 0 radical (unpaired) electrons. The van der Waals surface area contributed by atoms with Crippen LogP contribution in [0.5, 0.6) is 0 Å². The van der Waals surface area contributed by atoms with Gasteiger partial charge in [0.2, 0.25) is 0 Å². The summed E-state index contributed by atoms with van der Waals surface area (Å²) in [6.45, 7) is 0.